The lowest BCUT2D eigenvalue weighted by Crippen LogP contribution is -2.35. The summed E-state index contributed by atoms with van der Waals surface area (Å²) < 4.78 is 13.4. The topological polar surface area (TPSA) is 90.9 Å². The van der Waals surface area contributed by atoms with Gasteiger partial charge in [0.05, 0.1) is 11.6 Å². The summed E-state index contributed by atoms with van der Waals surface area (Å²) in [5.74, 6) is -0.417. The van der Waals surface area contributed by atoms with E-state index in [2.05, 4.69) is 10.6 Å². The number of nitrogens with one attached hydrogen (secondary N) is 2. The number of primary amides is 1. The van der Waals surface area contributed by atoms with Crippen LogP contribution in [0.1, 0.15) is 11.1 Å². The highest BCUT2D eigenvalue weighted by Crippen LogP contribution is 2.09. The number of halogens is 1. The molecule has 6 heteroatoms. The molecule has 4 N–H and O–H groups in total. The molecule has 0 aromatic heterocycles. The zero-order chi connectivity index (χ0) is 12.7. The first-order chi connectivity index (χ1) is 8.13. The Bertz CT molecular complexity index is 442. The summed E-state index contributed by atoms with van der Waals surface area (Å²) >= 11 is 0. The average molecular weight is 236 g/mol. The number of nitrogens with two attached hydrogens (primary N) is 1. The van der Waals surface area contributed by atoms with Gasteiger partial charge in [-0.2, -0.15) is 5.26 Å². The van der Waals surface area contributed by atoms with Gasteiger partial charge in [-0.05, 0) is 12.1 Å². The number of nitrogens with zero attached hydrogens (tertiary/aromatic N) is 1. The molecule has 1 rings (SSSR count). The molecule has 5 nitrogen and oxygen atoms in total. The Labute approximate surface area is 98.4 Å². The van der Waals surface area contributed by atoms with Crippen LogP contribution in [0.5, 0.6) is 0 Å². The fraction of sp³-hybridized carbons (Fsp3) is 0.273. The van der Waals surface area contributed by atoms with Crippen molar-refractivity contribution in [2.45, 2.75) is 6.54 Å². The molecule has 1 aromatic rings. The van der Waals surface area contributed by atoms with Crippen molar-refractivity contribution in [1.82, 2.24) is 10.6 Å². The van der Waals surface area contributed by atoms with E-state index < -0.39 is 11.8 Å². The summed E-state index contributed by atoms with van der Waals surface area (Å²) in [4.78, 5) is 10.3. The highest BCUT2D eigenvalue weighted by molar-refractivity contribution is 5.71. The lowest BCUT2D eigenvalue weighted by atomic mass is 10.1. The molecule has 0 spiro atoms. The van der Waals surface area contributed by atoms with Gasteiger partial charge in [0.2, 0.25) is 0 Å². The van der Waals surface area contributed by atoms with Gasteiger partial charge in [-0.25, -0.2) is 9.18 Å². The number of benzene rings is 1. The first kappa shape index (κ1) is 12.9. The number of rotatable bonds is 5. The van der Waals surface area contributed by atoms with Gasteiger partial charge in [-0.1, -0.05) is 6.07 Å². The van der Waals surface area contributed by atoms with Crippen LogP contribution in [0.4, 0.5) is 9.18 Å². The van der Waals surface area contributed by atoms with Crippen LogP contribution in [0.3, 0.4) is 0 Å². The first-order valence-corrected chi connectivity index (χ1v) is 5.06. The summed E-state index contributed by atoms with van der Waals surface area (Å²) in [6, 6.07) is 5.58. The van der Waals surface area contributed by atoms with E-state index >= 15 is 0 Å². The second-order valence-electron chi connectivity index (χ2n) is 3.39. The highest BCUT2D eigenvalue weighted by Gasteiger charge is 2.02. The monoisotopic (exact) mass is 236 g/mol. The Hall–Kier alpha value is -2.13. The molecule has 17 heavy (non-hydrogen) atoms. The van der Waals surface area contributed by atoms with Gasteiger partial charge in [0.1, 0.15) is 5.82 Å². The molecule has 0 aliphatic carbocycles. The van der Waals surface area contributed by atoms with Crippen molar-refractivity contribution in [3.63, 3.8) is 0 Å². The molecule has 1 aromatic carbocycles. The van der Waals surface area contributed by atoms with E-state index in [-0.39, 0.29) is 0 Å². The SMILES string of the molecule is N#Cc1ccc(CNCCNC(N)=O)c(F)c1. The molecule has 0 aliphatic heterocycles. The third-order valence-electron chi connectivity index (χ3n) is 2.10. The Morgan fingerprint density at radius 2 is 2.24 bits per heavy atom. The number of nitriles is 1. The number of carbonyl (C=O) groups is 1. The van der Waals surface area contributed by atoms with E-state index in [9.17, 15) is 9.18 Å². The Balaban J connectivity index is 2.37. The summed E-state index contributed by atoms with van der Waals surface area (Å²) in [6.07, 6.45) is 0. The quantitative estimate of drug-likeness (QED) is 0.648. The number of hydrogen-bond donors (Lipinski definition) is 3. The van der Waals surface area contributed by atoms with Crippen LogP contribution < -0.4 is 16.4 Å². The zero-order valence-electron chi connectivity index (χ0n) is 9.16. The molecule has 0 heterocycles. The average Bonchev–Trinajstić information content (AvgIpc) is 2.30. The zero-order valence-corrected chi connectivity index (χ0v) is 9.16. The third kappa shape index (κ3) is 4.49. The molecule has 0 saturated carbocycles. The van der Waals surface area contributed by atoms with Gasteiger partial charge in [-0.3, -0.25) is 0 Å². The van der Waals surface area contributed by atoms with Gasteiger partial charge < -0.3 is 16.4 Å². The summed E-state index contributed by atoms with van der Waals surface area (Å²) in [6.45, 7) is 1.20. The van der Waals surface area contributed by atoms with E-state index in [4.69, 9.17) is 11.0 Å². The molecule has 0 bridgehead atoms. The summed E-state index contributed by atoms with van der Waals surface area (Å²) in [5, 5.41) is 13.9. The molecular formula is C11H13FN4O. The molecular weight excluding hydrogens is 223 g/mol. The van der Waals surface area contributed by atoms with Crippen molar-refractivity contribution in [3.8, 4) is 6.07 Å². The predicted octanol–water partition coefficient (Wildman–Crippen LogP) is 0.455. The molecule has 90 valence electrons. The van der Waals surface area contributed by atoms with E-state index in [0.717, 1.165) is 0 Å². The van der Waals surface area contributed by atoms with Gasteiger partial charge in [-0.15, -0.1) is 0 Å². The van der Waals surface area contributed by atoms with Crippen molar-refractivity contribution in [2.24, 2.45) is 5.73 Å². The Kier molecular flexibility index (Phi) is 4.91. The minimum Gasteiger partial charge on any atom is -0.352 e. The van der Waals surface area contributed by atoms with Crippen molar-refractivity contribution in [1.29, 1.82) is 5.26 Å². The van der Waals surface area contributed by atoms with Crippen LogP contribution in [0, 0.1) is 17.1 Å². The maximum Gasteiger partial charge on any atom is 0.312 e. The van der Waals surface area contributed by atoms with E-state index in [1.54, 1.807) is 12.1 Å². The maximum absolute atomic E-state index is 13.4. The molecule has 0 radical (unpaired) electrons. The second kappa shape index (κ2) is 6.45. The molecule has 0 unspecified atom stereocenters. The lowest BCUT2D eigenvalue weighted by molar-refractivity contribution is 0.249. The van der Waals surface area contributed by atoms with Gasteiger partial charge in [0.15, 0.2) is 0 Å². The van der Waals surface area contributed by atoms with Gasteiger partial charge >= 0.3 is 6.03 Å². The fourth-order valence-corrected chi connectivity index (χ4v) is 1.26. The third-order valence-corrected chi connectivity index (χ3v) is 2.10. The largest absolute Gasteiger partial charge is 0.352 e. The number of amides is 2. The molecule has 0 saturated heterocycles. The van der Waals surface area contributed by atoms with Crippen LogP contribution in [0.15, 0.2) is 18.2 Å². The number of urea groups is 1. The summed E-state index contributed by atoms with van der Waals surface area (Å²) in [5.41, 5.74) is 5.64. The van der Waals surface area contributed by atoms with Crippen molar-refractivity contribution in [3.05, 3.63) is 35.1 Å². The van der Waals surface area contributed by atoms with Gasteiger partial charge in [0.25, 0.3) is 0 Å². The van der Waals surface area contributed by atoms with Crippen LogP contribution in [0.2, 0.25) is 0 Å². The standard InChI is InChI=1S/C11H13FN4O/c12-10-5-8(6-13)1-2-9(10)7-15-3-4-16-11(14)17/h1-2,5,15H,3-4,7H2,(H3,14,16,17). The van der Waals surface area contributed by atoms with E-state index in [1.807, 2.05) is 6.07 Å². The van der Waals surface area contributed by atoms with Gasteiger partial charge in [0, 0.05) is 25.2 Å². The molecule has 0 atom stereocenters. The normalized spacial score (nSPS) is 9.65. The van der Waals surface area contributed by atoms with Crippen molar-refractivity contribution >= 4 is 6.03 Å². The van der Waals surface area contributed by atoms with Crippen LogP contribution in [0.25, 0.3) is 0 Å². The Morgan fingerprint density at radius 3 is 2.82 bits per heavy atom. The number of carbonyl (C=O) groups excluding carboxylic acids is 1. The summed E-state index contributed by atoms with van der Waals surface area (Å²) in [7, 11) is 0. The molecule has 0 fully saturated rings. The van der Waals surface area contributed by atoms with Crippen molar-refractivity contribution < 1.29 is 9.18 Å². The maximum atomic E-state index is 13.4. The van der Waals surface area contributed by atoms with Crippen LogP contribution >= 0.6 is 0 Å². The van der Waals surface area contributed by atoms with Crippen LogP contribution in [-0.4, -0.2) is 19.1 Å². The van der Waals surface area contributed by atoms with Crippen LogP contribution in [-0.2, 0) is 6.54 Å². The lowest BCUT2D eigenvalue weighted by Gasteiger charge is -2.06. The minimum atomic E-state index is -0.587. The van der Waals surface area contributed by atoms with E-state index in [1.165, 1.54) is 6.07 Å². The first-order valence-electron chi connectivity index (χ1n) is 5.06. The fourth-order valence-electron chi connectivity index (χ4n) is 1.26. The Morgan fingerprint density at radius 1 is 1.47 bits per heavy atom. The van der Waals surface area contributed by atoms with Crippen molar-refractivity contribution in [2.75, 3.05) is 13.1 Å². The minimum absolute atomic E-state index is 0.293. The number of hydrogen-bond acceptors (Lipinski definition) is 3. The smallest absolute Gasteiger partial charge is 0.312 e. The molecule has 0 aliphatic rings. The predicted molar refractivity (Wildman–Crippen MR) is 60.4 cm³/mol. The second-order valence-corrected chi connectivity index (χ2v) is 3.39. The molecule has 2 amide bonds. The highest BCUT2D eigenvalue weighted by atomic mass is 19.1. The van der Waals surface area contributed by atoms with E-state index in [0.29, 0.717) is 30.8 Å².